The first-order valence-electron chi connectivity index (χ1n) is 17.3. The van der Waals surface area contributed by atoms with E-state index in [1.807, 2.05) is 0 Å². The molecular formula is C50H32. The fourth-order valence-electron chi connectivity index (χ4n) is 7.82. The monoisotopic (exact) mass is 632 g/mol. The van der Waals surface area contributed by atoms with Crippen molar-refractivity contribution >= 4 is 53.9 Å². The summed E-state index contributed by atoms with van der Waals surface area (Å²) in [5, 5.41) is 12.5. The zero-order valence-corrected chi connectivity index (χ0v) is 27.5. The van der Waals surface area contributed by atoms with Gasteiger partial charge in [-0.1, -0.05) is 158 Å². The highest BCUT2D eigenvalue weighted by molar-refractivity contribution is 6.10. The van der Waals surface area contributed by atoms with Crippen LogP contribution in [-0.2, 0) is 0 Å². The van der Waals surface area contributed by atoms with Gasteiger partial charge in [0, 0.05) is 0 Å². The van der Waals surface area contributed by atoms with E-state index in [-0.39, 0.29) is 0 Å². The Hall–Kier alpha value is -6.50. The van der Waals surface area contributed by atoms with E-state index < -0.39 is 0 Å². The van der Waals surface area contributed by atoms with Gasteiger partial charge in [0.15, 0.2) is 0 Å². The van der Waals surface area contributed by atoms with Gasteiger partial charge in [0.1, 0.15) is 0 Å². The molecule has 0 atom stereocenters. The van der Waals surface area contributed by atoms with Crippen molar-refractivity contribution < 1.29 is 0 Å². The maximum absolute atomic E-state index is 2.41. The number of benzene rings is 10. The van der Waals surface area contributed by atoms with E-state index in [1.54, 1.807) is 0 Å². The molecule has 0 N–H and O–H groups in total. The summed E-state index contributed by atoms with van der Waals surface area (Å²) in [6, 6.07) is 71.6. The lowest BCUT2D eigenvalue weighted by Crippen LogP contribution is -1.90. The van der Waals surface area contributed by atoms with Gasteiger partial charge in [0.2, 0.25) is 0 Å². The molecule has 0 bridgehead atoms. The Labute approximate surface area is 291 Å². The highest BCUT2D eigenvalue weighted by Crippen LogP contribution is 2.42. The van der Waals surface area contributed by atoms with Gasteiger partial charge >= 0.3 is 0 Å². The van der Waals surface area contributed by atoms with Crippen LogP contribution in [0.25, 0.3) is 98.4 Å². The first-order valence-corrected chi connectivity index (χ1v) is 17.3. The molecule has 0 saturated carbocycles. The predicted octanol–water partition coefficient (Wildman–Crippen LogP) is 14.1. The lowest BCUT2D eigenvalue weighted by Gasteiger charge is -2.17. The second-order valence-electron chi connectivity index (χ2n) is 13.4. The smallest absolute Gasteiger partial charge is 0.00930 e. The maximum atomic E-state index is 2.41. The second-order valence-corrected chi connectivity index (χ2v) is 13.4. The molecule has 0 aliphatic rings. The van der Waals surface area contributed by atoms with Crippen molar-refractivity contribution in [3.05, 3.63) is 194 Å². The molecule has 0 unspecified atom stereocenters. The zero-order valence-electron chi connectivity index (χ0n) is 27.5. The van der Waals surface area contributed by atoms with Gasteiger partial charge in [0.25, 0.3) is 0 Å². The van der Waals surface area contributed by atoms with Crippen LogP contribution < -0.4 is 0 Å². The Morgan fingerprint density at radius 1 is 0.180 bits per heavy atom. The SMILES string of the molecule is c1ccc2cc(-c3ccc4c(-c5ccc6ccccc6c5)ccc(-c5cc(-c6ccc7ccccc7c6)c6ccccc6c5)c4c3)ccc2c1. The van der Waals surface area contributed by atoms with Gasteiger partial charge < -0.3 is 0 Å². The molecule has 0 fully saturated rings. The maximum Gasteiger partial charge on any atom is -0.00930 e. The van der Waals surface area contributed by atoms with Crippen LogP contribution >= 0.6 is 0 Å². The lowest BCUT2D eigenvalue weighted by atomic mass is 9.87. The minimum atomic E-state index is 1.22. The quantitative estimate of drug-likeness (QED) is 0.181. The molecule has 50 heavy (non-hydrogen) atoms. The minimum absolute atomic E-state index is 1.22. The first-order chi connectivity index (χ1) is 24.7. The topological polar surface area (TPSA) is 0 Å². The van der Waals surface area contributed by atoms with Gasteiger partial charge in [-0.3, -0.25) is 0 Å². The molecule has 0 heterocycles. The van der Waals surface area contributed by atoms with Gasteiger partial charge in [-0.25, -0.2) is 0 Å². The summed E-state index contributed by atoms with van der Waals surface area (Å²) in [5.41, 5.74) is 9.86. The Balaban J connectivity index is 1.22. The van der Waals surface area contributed by atoms with Crippen molar-refractivity contribution in [3.8, 4) is 44.5 Å². The van der Waals surface area contributed by atoms with Crippen molar-refractivity contribution in [2.24, 2.45) is 0 Å². The fraction of sp³-hybridized carbons (Fsp3) is 0. The molecule has 0 heteroatoms. The molecule has 232 valence electrons. The third-order valence-electron chi connectivity index (χ3n) is 10.4. The van der Waals surface area contributed by atoms with Gasteiger partial charge in [-0.15, -0.1) is 0 Å². The molecule has 0 aromatic heterocycles. The molecule has 0 amide bonds. The van der Waals surface area contributed by atoms with E-state index in [0.717, 1.165) is 0 Å². The zero-order chi connectivity index (χ0) is 33.0. The van der Waals surface area contributed by atoms with Gasteiger partial charge in [0.05, 0.1) is 0 Å². The van der Waals surface area contributed by atoms with Crippen LogP contribution in [0.15, 0.2) is 194 Å². The van der Waals surface area contributed by atoms with Crippen LogP contribution in [0.4, 0.5) is 0 Å². The van der Waals surface area contributed by atoms with Crippen LogP contribution in [-0.4, -0.2) is 0 Å². The summed E-state index contributed by atoms with van der Waals surface area (Å²) < 4.78 is 0. The number of hydrogen-bond donors (Lipinski definition) is 0. The predicted molar refractivity (Wildman–Crippen MR) is 216 cm³/mol. The van der Waals surface area contributed by atoms with Crippen LogP contribution in [0.1, 0.15) is 0 Å². The Morgan fingerprint density at radius 2 is 0.600 bits per heavy atom. The summed E-state index contributed by atoms with van der Waals surface area (Å²) in [6.07, 6.45) is 0. The molecule has 10 rings (SSSR count). The molecular weight excluding hydrogens is 601 g/mol. The van der Waals surface area contributed by atoms with Gasteiger partial charge in [-0.05, 0) is 135 Å². The molecule has 0 radical (unpaired) electrons. The summed E-state index contributed by atoms with van der Waals surface area (Å²) in [5.74, 6) is 0. The van der Waals surface area contributed by atoms with Gasteiger partial charge in [-0.2, -0.15) is 0 Å². The normalized spacial score (nSPS) is 11.6. The number of rotatable bonds is 4. The summed E-state index contributed by atoms with van der Waals surface area (Å²) in [4.78, 5) is 0. The number of hydrogen-bond acceptors (Lipinski definition) is 0. The average Bonchev–Trinajstić information content (AvgIpc) is 3.19. The standard InChI is InChI=1S/C50H32/c1-4-12-36-27-39(20-17-33(36)9-1)40-23-24-48-46(42-21-18-34-10-2-5-13-37(34)28-42)25-26-47(50(48)31-40)44-30-41-15-7-8-16-45(41)49(32-44)43-22-19-35-11-3-6-14-38(35)29-43/h1-32H. The lowest BCUT2D eigenvalue weighted by molar-refractivity contribution is 1.63. The van der Waals surface area contributed by atoms with Crippen LogP contribution in [0, 0.1) is 0 Å². The third kappa shape index (κ3) is 4.85. The Kier molecular flexibility index (Phi) is 6.60. The third-order valence-corrected chi connectivity index (χ3v) is 10.4. The molecule has 10 aromatic rings. The largest absolute Gasteiger partial charge is 0.0616 e. The average molecular weight is 633 g/mol. The van der Waals surface area contributed by atoms with Crippen molar-refractivity contribution in [3.63, 3.8) is 0 Å². The van der Waals surface area contributed by atoms with Crippen molar-refractivity contribution in [1.29, 1.82) is 0 Å². The molecule has 0 aliphatic carbocycles. The molecule has 0 nitrogen and oxygen atoms in total. The number of fused-ring (bicyclic) bond motifs is 5. The van der Waals surface area contributed by atoms with E-state index in [9.17, 15) is 0 Å². The van der Waals surface area contributed by atoms with Crippen molar-refractivity contribution in [1.82, 2.24) is 0 Å². The highest BCUT2D eigenvalue weighted by Gasteiger charge is 2.15. The van der Waals surface area contributed by atoms with E-state index in [4.69, 9.17) is 0 Å². The van der Waals surface area contributed by atoms with Crippen LogP contribution in [0.3, 0.4) is 0 Å². The summed E-state index contributed by atoms with van der Waals surface area (Å²) >= 11 is 0. The molecule has 0 spiro atoms. The van der Waals surface area contributed by atoms with E-state index >= 15 is 0 Å². The van der Waals surface area contributed by atoms with Crippen molar-refractivity contribution in [2.75, 3.05) is 0 Å². The second kappa shape index (κ2) is 11.6. The molecule has 0 aliphatic heterocycles. The van der Waals surface area contributed by atoms with E-state index in [2.05, 4.69) is 194 Å². The highest BCUT2D eigenvalue weighted by atomic mass is 14.2. The summed E-state index contributed by atoms with van der Waals surface area (Å²) in [7, 11) is 0. The minimum Gasteiger partial charge on any atom is -0.0616 e. The molecule has 10 aromatic carbocycles. The van der Waals surface area contributed by atoms with E-state index in [1.165, 1.54) is 98.4 Å². The first kappa shape index (κ1) is 28.5. The van der Waals surface area contributed by atoms with Crippen molar-refractivity contribution in [2.45, 2.75) is 0 Å². The summed E-state index contributed by atoms with van der Waals surface area (Å²) in [6.45, 7) is 0. The van der Waals surface area contributed by atoms with E-state index in [0.29, 0.717) is 0 Å². The fourth-order valence-corrected chi connectivity index (χ4v) is 7.82. The Bertz CT molecular complexity index is 2930. The van der Waals surface area contributed by atoms with Crippen LogP contribution in [0.5, 0.6) is 0 Å². The molecule has 0 saturated heterocycles. The van der Waals surface area contributed by atoms with Crippen LogP contribution in [0.2, 0.25) is 0 Å². The Morgan fingerprint density at radius 3 is 1.22 bits per heavy atom.